The average molecular weight is 197 g/mol. The van der Waals surface area contributed by atoms with Crippen molar-refractivity contribution in [2.75, 3.05) is 13.1 Å². The Morgan fingerprint density at radius 2 is 2.36 bits per heavy atom. The maximum atomic E-state index is 10.5. The molecule has 0 aliphatic heterocycles. The average Bonchev–Trinajstić information content (AvgIpc) is 2.51. The fourth-order valence-electron chi connectivity index (χ4n) is 1.01. The summed E-state index contributed by atoms with van der Waals surface area (Å²) in [5, 5.41) is 13.4. The van der Waals surface area contributed by atoms with E-state index in [-0.39, 0.29) is 5.91 Å². The molecular weight excluding hydrogens is 182 g/mol. The molecule has 0 aliphatic rings. The summed E-state index contributed by atoms with van der Waals surface area (Å²) < 4.78 is 1.71. The van der Waals surface area contributed by atoms with Crippen LogP contribution in [0.15, 0.2) is 6.20 Å². The molecule has 1 amide bonds. The van der Waals surface area contributed by atoms with E-state index in [9.17, 15) is 4.79 Å². The van der Waals surface area contributed by atoms with Crippen LogP contribution in [-0.2, 0) is 18.4 Å². The van der Waals surface area contributed by atoms with E-state index in [1.54, 1.807) is 10.9 Å². The van der Waals surface area contributed by atoms with Crippen molar-refractivity contribution in [1.82, 2.24) is 25.6 Å². The van der Waals surface area contributed by atoms with E-state index in [4.69, 9.17) is 0 Å². The Hall–Kier alpha value is -1.43. The number of hydrogen-bond donors (Lipinski definition) is 2. The largest absolute Gasteiger partial charge is 0.355 e. The predicted molar refractivity (Wildman–Crippen MR) is 51.4 cm³/mol. The molecule has 78 valence electrons. The van der Waals surface area contributed by atoms with Gasteiger partial charge in [0, 0.05) is 33.6 Å². The van der Waals surface area contributed by atoms with Gasteiger partial charge in [-0.05, 0) is 0 Å². The first-order valence-electron chi connectivity index (χ1n) is 4.49. The van der Waals surface area contributed by atoms with Gasteiger partial charge >= 0.3 is 0 Å². The van der Waals surface area contributed by atoms with E-state index in [0.29, 0.717) is 13.1 Å². The molecule has 0 saturated heterocycles. The molecule has 0 radical (unpaired) electrons. The number of rotatable bonds is 5. The van der Waals surface area contributed by atoms with Crippen LogP contribution in [0, 0.1) is 0 Å². The van der Waals surface area contributed by atoms with Gasteiger partial charge in [0.2, 0.25) is 5.91 Å². The molecular formula is C8H15N5O. The van der Waals surface area contributed by atoms with Crippen molar-refractivity contribution >= 4 is 5.91 Å². The summed E-state index contributed by atoms with van der Waals surface area (Å²) in [5.41, 5.74) is 1.02. The zero-order valence-electron chi connectivity index (χ0n) is 8.45. The maximum Gasteiger partial charge on any atom is 0.216 e. The third kappa shape index (κ3) is 3.53. The summed E-state index contributed by atoms with van der Waals surface area (Å²) >= 11 is 0. The lowest BCUT2D eigenvalue weighted by Crippen LogP contribution is -2.30. The second-order valence-corrected chi connectivity index (χ2v) is 3.01. The number of carbonyl (C=O) groups is 1. The molecule has 0 saturated carbocycles. The maximum absolute atomic E-state index is 10.5. The van der Waals surface area contributed by atoms with E-state index in [0.717, 1.165) is 12.2 Å². The lowest BCUT2D eigenvalue weighted by Gasteiger charge is -2.04. The second-order valence-electron chi connectivity index (χ2n) is 3.01. The van der Waals surface area contributed by atoms with Gasteiger partial charge in [-0.1, -0.05) is 5.21 Å². The summed E-state index contributed by atoms with van der Waals surface area (Å²) in [4.78, 5) is 10.5. The Bertz CT molecular complexity index is 296. The first-order valence-corrected chi connectivity index (χ1v) is 4.49. The van der Waals surface area contributed by atoms with Crippen molar-refractivity contribution in [2.45, 2.75) is 13.5 Å². The van der Waals surface area contributed by atoms with Crippen LogP contribution in [0.5, 0.6) is 0 Å². The fourth-order valence-corrected chi connectivity index (χ4v) is 1.01. The number of hydrogen-bond acceptors (Lipinski definition) is 4. The number of nitrogens with one attached hydrogen (secondary N) is 2. The SMILES string of the molecule is CC(=O)NCCNCc1cnnn1C. The number of nitrogens with zero attached hydrogens (tertiary/aromatic N) is 3. The third-order valence-corrected chi connectivity index (χ3v) is 1.79. The highest BCUT2D eigenvalue weighted by Crippen LogP contribution is 1.90. The molecule has 0 aliphatic carbocycles. The van der Waals surface area contributed by atoms with Gasteiger partial charge in [0.25, 0.3) is 0 Å². The third-order valence-electron chi connectivity index (χ3n) is 1.79. The molecule has 0 spiro atoms. The molecule has 2 N–H and O–H groups in total. The van der Waals surface area contributed by atoms with Crippen molar-refractivity contribution < 1.29 is 4.79 Å². The minimum Gasteiger partial charge on any atom is -0.355 e. The summed E-state index contributed by atoms with van der Waals surface area (Å²) in [7, 11) is 1.85. The summed E-state index contributed by atoms with van der Waals surface area (Å²) in [6.07, 6.45) is 1.71. The van der Waals surface area contributed by atoms with E-state index in [1.165, 1.54) is 6.92 Å². The molecule has 0 aromatic carbocycles. The van der Waals surface area contributed by atoms with Gasteiger partial charge in [-0.2, -0.15) is 0 Å². The first kappa shape index (κ1) is 10.6. The predicted octanol–water partition coefficient (Wildman–Crippen LogP) is -0.959. The van der Waals surface area contributed by atoms with Crippen molar-refractivity contribution in [3.8, 4) is 0 Å². The molecule has 0 unspecified atom stereocenters. The van der Waals surface area contributed by atoms with Crippen LogP contribution >= 0.6 is 0 Å². The summed E-state index contributed by atoms with van der Waals surface area (Å²) in [6, 6.07) is 0. The first-order chi connectivity index (χ1) is 6.70. The number of carbonyl (C=O) groups excluding carboxylic acids is 1. The molecule has 1 aromatic rings. The number of aryl methyl sites for hydroxylation is 1. The van der Waals surface area contributed by atoms with Gasteiger partial charge < -0.3 is 10.6 Å². The van der Waals surface area contributed by atoms with Gasteiger partial charge in [-0.15, -0.1) is 5.10 Å². The monoisotopic (exact) mass is 197 g/mol. The van der Waals surface area contributed by atoms with Crippen LogP contribution in [-0.4, -0.2) is 34.0 Å². The van der Waals surface area contributed by atoms with Crippen LogP contribution in [0.1, 0.15) is 12.6 Å². The van der Waals surface area contributed by atoms with E-state index < -0.39 is 0 Å². The van der Waals surface area contributed by atoms with Crippen LogP contribution in [0.4, 0.5) is 0 Å². The highest BCUT2D eigenvalue weighted by atomic mass is 16.1. The van der Waals surface area contributed by atoms with Crippen molar-refractivity contribution in [3.05, 3.63) is 11.9 Å². The van der Waals surface area contributed by atoms with Crippen molar-refractivity contribution in [1.29, 1.82) is 0 Å². The van der Waals surface area contributed by atoms with Crippen LogP contribution in [0.3, 0.4) is 0 Å². The molecule has 0 atom stereocenters. The Morgan fingerprint density at radius 1 is 1.57 bits per heavy atom. The van der Waals surface area contributed by atoms with Gasteiger partial charge in [0.15, 0.2) is 0 Å². The van der Waals surface area contributed by atoms with Gasteiger partial charge in [-0.3, -0.25) is 9.48 Å². The lowest BCUT2D eigenvalue weighted by atomic mass is 10.4. The van der Waals surface area contributed by atoms with Gasteiger partial charge in [-0.25, -0.2) is 0 Å². The van der Waals surface area contributed by atoms with Crippen LogP contribution in [0.2, 0.25) is 0 Å². The smallest absolute Gasteiger partial charge is 0.216 e. The number of aromatic nitrogens is 3. The highest BCUT2D eigenvalue weighted by molar-refractivity contribution is 5.72. The van der Waals surface area contributed by atoms with Crippen LogP contribution in [0.25, 0.3) is 0 Å². The molecule has 1 rings (SSSR count). The van der Waals surface area contributed by atoms with Crippen molar-refractivity contribution in [2.24, 2.45) is 7.05 Å². The molecule has 0 bridgehead atoms. The van der Waals surface area contributed by atoms with E-state index in [2.05, 4.69) is 20.9 Å². The Labute approximate surface area is 82.7 Å². The quantitative estimate of drug-likeness (QED) is 0.596. The van der Waals surface area contributed by atoms with E-state index in [1.807, 2.05) is 7.05 Å². The van der Waals surface area contributed by atoms with Gasteiger partial charge in [0.05, 0.1) is 11.9 Å². The Balaban J connectivity index is 2.10. The standard InChI is InChI=1S/C8H15N5O/c1-7(14)10-4-3-9-5-8-6-11-12-13(8)2/h6,9H,3-5H2,1-2H3,(H,10,14). The Morgan fingerprint density at radius 3 is 2.93 bits per heavy atom. The molecule has 1 heterocycles. The lowest BCUT2D eigenvalue weighted by molar-refractivity contribution is -0.118. The second kappa shape index (κ2) is 5.33. The van der Waals surface area contributed by atoms with Gasteiger partial charge in [0.1, 0.15) is 0 Å². The zero-order valence-corrected chi connectivity index (χ0v) is 8.45. The molecule has 0 fully saturated rings. The minimum atomic E-state index is -0.00556. The summed E-state index contributed by atoms with van der Waals surface area (Å²) in [5.74, 6) is -0.00556. The topological polar surface area (TPSA) is 71.8 Å². The molecule has 1 aromatic heterocycles. The fraction of sp³-hybridized carbons (Fsp3) is 0.625. The minimum absolute atomic E-state index is 0.00556. The van der Waals surface area contributed by atoms with Crippen molar-refractivity contribution in [3.63, 3.8) is 0 Å². The normalized spacial score (nSPS) is 10.1. The summed E-state index contributed by atoms with van der Waals surface area (Å²) in [6.45, 7) is 3.60. The molecule has 6 heteroatoms. The van der Waals surface area contributed by atoms with E-state index >= 15 is 0 Å². The number of amides is 1. The Kier molecular flexibility index (Phi) is 4.06. The molecule has 14 heavy (non-hydrogen) atoms. The highest BCUT2D eigenvalue weighted by Gasteiger charge is 1.97. The zero-order chi connectivity index (χ0) is 10.4. The van der Waals surface area contributed by atoms with Crippen LogP contribution < -0.4 is 10.6 Å². The molecule has 6 nitrogen and oxygen atoms in total.